The molecule has 0 aliphatic rings. The molecule has 13 heavy (non-hydrogen) atoms. The fourth-order valence-corrected chi connectivity index (χ4v) is 1.57. The molecule has 0 aliphatic heterocycles. The highest BCUT2D eigenvalue weighted by Gasteiger charge is 2.03. The average Bonchev–Trinajstić information content (AvgIpc) is 2.04. The van der Waals surface area contributed by atoms with Crippen molar-refractivity contribution >= 4 is 11.6 Å². The van der Waals surface area contributed by atoms with E-state index >= 15 is 0 Å². The number of alkyl halides is 1. The van der Waals surface area contributed by atoms with Gasteiger partial charge in [-0.25, -0.2) is 0 Å². The number of hydrogen-bond donors (Lipinski definition) is 0. The second-order valence-corrected chi connectivity index (χ2v) is 3.64. The summed E-state index contributed by atoms with van der Waals surface area (Å²) >= 11 is 5.47. The van der Waals surface area contributed by atoms with Crippen molar-refractivity contribution in [2.24, 2.45) is 0 Å². The van der Waals surface area contributed by atoms with Crippen LogP contribution in [-0.2, 0) is 0 Å². The van der Waals surface area contributed by atoms with Crippen LogP contribution in [0.4, 0.5) is 0 Å². The third-order valence-corrected chi connectivity index (χ3v) is 2.19. The Morgan fingerprint density at radius 1 is 1.38 bits per heavy atom. The molecule has 2 heteroatoms. The highest BCUT2D eigenvalue weighted by atomic mass is 35.5. The zero-order chi connectivity index (χ0) is 9.84. The predicted molar refractivity (Wildman–Crippen MR) is 56.6 cm³/mol. The fourth-order valence-electron chi connectivity index (χ4n) is 1.45. The van der Waals surface area contributed by atoms with Gasteiger partial charge in [0, 0.05) is 0 Å². The van der Waals surface area contributed by atoms with Gasteiger partial charge in [0.05, 0.1) is 0 Å². The summed E-state index contributed by atoms with van der Waals surface area (Å²) in [5.74, 6) is 1.40. The molecular formula is C11H15ClO. The molecule has 0 aliphatic carbocycles. The van der Waals surface area contributed by atoms with Crippen molar-refractivity contribution < 1.29 is 4.74 Å². The molecule has 1 rings (SSSR count). The molecular weight excluding hydrogens is 184 g/mol. The van der Waals surface area contributed by atoms with Crippen LogP contribution in [-0.4, -0.2) is 6.07 Å². The zero-order valence-electron chi connectivity index (χ0n) is 8.30. The summed E-state index contributed by atoms with van der Waals surface area (Å²) in [5.41, 5.74) is 2.62. The maximum absolute atomic E-state index is 5.47. The van der Waals surface area contributed by atoms with E-state index < -0.39 is 0 Å². The van der Waals surface area contributed by atoms with Crippen molar-refractivity contribution in [1.29, 1.82) is 0 Å². The Morgan fingerprint density at radius 2 is 2.08 bits per heavy atom. The van der Waals surface area contributed by atoms with Gasteiger partial charge in [-0.15, -0.1) is 0 Å². The van der Waals surface area contributed by atoms with Gasteiger partial charge in [0.25, 0.3) is 0 Å². The summed E-state index contributed by atoms with van der Waals surface area (Å²) in [6.45, 7) is 6.46. The molecule has 0 radical (unpaired) electrons. The molecule has 0 amide bonds. The van der Waals surface area contributed by atoms with Crippen LogP contribution < -0.4 is 4.74 Å². The Kier molecular flexibility index (Phi) is 3.61. The maximum Gasteiger partial charge on any atom is 0.162 e. The van der Waals surface area contributed by atoms with Gasteiger partial charge in [-0.3, -0.25) is 0 Å². The minimum atomic E-state index is 0.209. The van der Waals surface area contributed by atoms with Crippen molar-refractivity contribution in [1.82, 2.24) is 0 Å². The highest BCUT2D eigenvalue weighted by molar-refractivity contribution is 6.17. The minimum absolute atomic E-state index is 0.209. The molecule has 0 spiro atoms. The summed E-state index contributed by atoms with van der Waals surface area (Å²) in [6, 6.07) is 6.30. The summed E-state index contributed by atoms with van der Waals surface area (Å²) in [5, 5.41) is 0. The molecule has 0 atom stereocenters. The topological polar surface area (TPSA) is 9.23 Å². The first-order valence-electron chi connectivity index (χ1n) is 4.44. The molecule has 0 bridgehead atoms. The van der Waals surface area contributed by atoms with Gasteiger partial charge in [0.15, 0.2) is 6.07 Å². The maximum atomic E-state index is 5.47. The van der Waals surface area contributed by atoms with Gasteiger partial charge < -0.3 is 4.74 Å². The molecule has 0 heterocycles. The van der Waals surface area contributed by atoms with Crippen molar-refractivity contribution in [2.45, 2.75) is 26.7 Å². The number of hydrogen-bond acceptors (Lipinski definition) is 1. The van der Waals surface area contributed by atoms with Gasteiger partial charge in [-0.1, -0.05) is 31.5 Å². The van der Waals surface area contributed by atoms with E-state index in [0.717, 1.165) is 5.75 Å². The molecule has 0 N–H and O–H groups in total. The first-order valence-corrected chi connectivity index (χ1v) is 4.98. The van der Waals surface area contributed by atoms with Crippen LogP contribution in [0.3, 0.4) is 0 Å². The molecule has 1 nitrogen and oxygen atoms in total. The standard InChI is InChI=1S/C11H15ClO/c1-8(2)11-5-4-10(13-7-12)6-9(11)3/h4-6,8H,7H2,1-3H3. The Labute approximate surface area is 84.7 Å². The van der Waals surface area contributed by atoms with Crippen LogP contribution in [0.25, 0.3) is 0 Å². The van der Waals surface area contributed by atoms with Gasteiger partial charge in [-0.05, 0) is 36.1 Å². The summed E-state index contributed by atoms with van der Waals surface area (Å²) < 4.78 is 5.19. The largest absolute Gasteiger partial charge is 0.478 e. The van der Waals surface area contributed by atoms with E-state index in [1.54, 1.807) is 0 Å². The average molecular weight is 199 g/mol. The molecule has 1 aromatic carbocycles. The quantitative estimate of drug-likeness (QED) is 0.674. The van der Waals surface area contributed by atoms with E-state index in [9.17, 15) is 0 Å². The molecule has 0 aromatic heterocycles. The van der Waals surface area contributed by atoms with Crippen molar-refractivity contribution in [3.05, 3.63) is 29.3 Å². The van der Waals surface area contributed by atoms with Crippen molar-refractivity contribution in [2.75, 3.05) is 6.07 Å². The van der Waals surface area contributed by atoms with Gasteiger partial charge in [0.2, 0.25) is 0 Å². The van der Waals surface area contributed by atoms with Crippen LogP contribution in [0.5, 0.6) is 5.75 Å². The third-order valence-electron chi connectivity index (χ3n) is 2.08. The Morgan fingerprint density at radius 3 is 2.54 bits per heavy atom. The van der Waals surface area contributed by atoms with E-state index in [2.05, 4.69) is 26.8 Å². The number of halogens is 1. The van der Waals surface area contributed by atoms with Crippen LogP contribution >= 0.6 is 11.6 Å². The molecule has 0 unspecified atom stereocenters. The smallest absolute Gasteiger partial charge is 0.162 e. The normalized spacial score (nSPS) is 10.5. The van der Waals surface area contributed by atoms with Crippen molar-refractivity contribution in [3.63, 3.8) is 0 Å². The summed E-state index contributed by atoms with van der Waals surface area (Å²) in [7, 11) is 0. The molecule has 72 valence electrons. The lowest BCUT2D eigenvalue weighted by Crippen LogP contribution is -1.94. The fraction of sp³-hybridized carbons (Fsp3) is 0.455. The lowest BCUT2D eigenvalue weighted by molar-refractivity contribution is 0.387. The monoisotopic (exact) mass is 198 g/mol. The van der Waals surface area contributed by atoms with E-state index in [4.69, 9.17) is 16.3 Å². The lowest BCUT2D eigenvalue weighted by Gasteiger charge is -2.11. The lowest BCUT2D eigenvalue weighted by atomic mass is 9.98. The van der Waals surface area contributed by atoms with Crippen LogP contribution in [0.2, 0.25) is 0 Å². The van der Waals surface area contributed by atoms with E-state index in [-0.39, 0.29) is 6.07 Å². The predicted octanol–water partition coefficient (Wildman–Crippen LogP) is 3.69. The molecule has 0 saturated heterocycles. The molecule has 0 saturated carbocycles. The first kappa shape index (κ1) is 10.4. The van der Waals surface area contributed by atoms with Gasteiger partial charge in [0.1, 0.15) is 5.75 Å². The number of ether oxygens (including phenoxy) is 1. The van der Waals surface area contributed by atoms with Crippen LogP contribution in [0, 0.1) is 6.92 Å². The highest BCUT2D eigenvalue weighted by Crippen LogP contribution is 2.23. The van der Waals surface area contributed by atoms with E-state index in [0.29, 0.717) is 5.92 Å². The summed E-state index contributed by atoms with van der Waals surface area (Å²) in [6.07, 6.45) is 0. The molecule has 1 aromatic rings. The Balaban J connectivity index is 2.92. The Bertz CT molecular complexity index is 281. The Hall–Kier alpha value is -0.690. The van der Waals surface area contributed by atoms with Gasteiger partial charge >= 0.3 is 0 Å². The second kappa shape index (κ2) is 4.52. The number of aryl methyl sites for hydroxylation is 1. The second-order valence-electron chi connectivity index (χ2n) is 3.43. The van der Waals surface area contributed by atoms with Gasteiger partial charge in [-0.2, -0.15) is 0 Å². The van der Waals surface area contributed by atoms with E-state index in [1.807, 2.05) is 12.1 Å². The third kappa shape index (κ3) is 2.63. The summed E-state index contributed by atoms with van der Waals surface area (Å²) in [4.78, 5) is 0. The SMILES string of the molecule is Cc1cc(OCCl)ccc1C(C)C. The zero-order valence-corrected chi connectivity index (χ0v) is 9.06. The van der Waals surface area contributed by atoms with E-state index in [1.165, 1.54) is 11.1 Å². The minimum Gasteiger partial charge on any atom is -0.478 e. The number of benzene rings is 1. The van der Waals surface area contributed by atoms with Crippen LogP contribution in [0.15, 0.2) is 18.2 Å². The number of rotatable bonds is 3. The van der Waals surface area contributed by atoms with Crippen LogP contribution in [0.1, 0.15) is 30.9 Å². The van der Waals surface area contributed by atoms with Crippen molar-refractivity contribution in [3.8, 4) is 5.75 Å². The first-order chi connectivity index (χ1) is 6.15. The molecule has 0 fully saturated rings.